The van der Waals surface area contributed by atoms with Crippen molar-refractivity contribution in [1.29, 1.82) is 0 Å². The van der Waals surface area contributed by atoms with Crippen LogP contribution in [0.15, 0.2) is 4.52 Å². The molecule has 1 amide bonds. The van der Waals surface area contributed by atoms with Crippen molar-refractivity contribution in [2.45, 2.75) is 40.0 Å². The lowest BCUT2D eigenvalue weighted by atomic mass is 10.2. The predicted octanol–water partition coefficient (Wildman–Crippen LogP) is 1.57. The van der Waals surface area contributed by atoms with Gasteiger partial charge in [0, 0.05) is 45.2 Å². The van der Waals surface area contributed by atoms with Crippen molar-refractivity contribution in [3.05, 3.63) is 5.82 Å². The van der Waals surface area contributed by atoms with Crippen LogP contribution >= 0.6 is 0 Å². The number of rotatable bonds is 6. The lowest BCUT2D eigenvalue weighted by Gasteiger charge is -2.24. The molecule has 0 bridgehead atoms. The highest BCUT2D eigenvalue weighted by molar-refractivity contribution is 5.78. The fourth-order valence-corrected chi connectivity index (χ4v) is 2.78. The first-order valence-electron chi connectivity index (χ1n) is 8.63. The molecular formula is C16H29N5O2. The van der Waals surface area contributed by atoms with Crippen LogP contribution < -0.4 is 4.90 Å². The van der Waals surface area contributed by atoms with E-state index in [4.69, 9.17) is 4.52 Å². The zero-order chi connectivity index (χ0) is 16.8. The van der Waals surface area contributed by atoms with Crippen molar-refractivity contribution < 1.29 is 9.32 Å². The molecule has 7 nitrogen and oxygen atoms in total. The van der Waals surface area contributed by atoms with Crippen molar-refractivity contribution in [3.63, 3.8) is 0 Å². The van der Waals surface area contributed by atoms with E-state index in [-0.39, 0.29) is 11.8 Å². The third kappa shape index (κ3) is 4.67. The maximum absolute atomic E-state index is 12.2. The van der Waals surface area contributed by atoms with E-state index in [9.17, 15) is 4.79 Å². The Balaban J connectivity index is 1.90. The lowest BCUT2D eigenvalue weighted by molar-refractivity contribution is -0.132. The molecule has 0 aromatic carbocycles. The number of aromatic nitrogens is 2. The van der Waals surface area contributed by atoms with E-state index < -0.39 is 0 Å². The third-order valence-corrected chi connectivity index (χ3v) is 4.28. The van der Waals surface area contributed by atoms with E-state index in [1.165, 1.54) is 0 Å². The van der Waals surface area contributed by atoms with Gasteiger partial charge in [-0.25, -0.2) is 0 Å². The normalized spacial score (nSPS) is 16.7. The Labute approximate surface area is 138 Å². The summed E-state index contributed by atoms with van der Waals surface area (Å²) in [6, 6.07) is 0.602. The van der Waals surface area contributed by atoms with Crippen LogP contribution in [0.1, 0.15) is 45.9 Å². The summed E-state index contributed by atoms with van der Waals surface area (Å²) in [6.07, 6.45) is 0.991. The summed E-state index contributed by atoms with van der Waals surface area (Å²) < 4.78 is 5.38. The first-order chi connectivity index (χ1) is 11.0. The number of nitrogens with zero attached hydrogens (tertiary/aromatic N) is 5. The highest BCUT2D eigenvalue weighted by Gasteiger charge is 2.22. The summed E-state index contributed by atoms with van der Waals surface area (Å²) in [5.74, 6) is 1.23. The topological polar surface area (TPSA) is 65.7 Å². The minimum atomic E-state index is 0.211. The molecule has 1 aromatic rings. The fraction of sp³-hybridized carbons (Fsp3) is 0.812. The van der Waals surface area contributed by atoms with Gasteiger partial charge in [-0.3, -0.25) is 9.69 Å². The van der Waals surface area contributed by atoms with Crippen LogP contribution in [0.3, 0.4) is 0 Å². The van der Waals surface area contributed by atoms with E-state index in [1.807, 2.05) is 18.7 Å². The van der Waals surface area contributed by atoms with Crippen molar-refractivity contribution in [2.24, 2.45) is 0 Å². The largest absolute Gasteiger partial charge is 0.342 e. The summed E-state index contributed by atoms with van der Waals surface area (Å²) in [4.78, 5) is 22.9. The van der Waals surface area contributed by atoms with Gasteiger partial charge in [0.2, 0.25) is 5.91 Å². The maximum atomic E-state index is 12.2. The number of hydrogen-bond donors (Lipinski definition) is 0. The van der Waals surface area contributed by atoms with Crippen LogP contribution in [0, 0.1) is 0 Å². The number of hydrogen-bond acceptors (Lipinski definition) is 6. The SMILES string of the molecule is CCN(CC)C(=O)CN1CCCN(c2nc(C(C)C)no2)CC1. The van der Waals surface area contributed by atoms with Crippen molar-refractivity contribution >= 4 is 11.9 Å². The molecule has 0 N–H and O–H groups in total. The average molecular weight is 323 g/mol. The molecule has 0 unspecified atom stereocenters. The van der Waals surface area contributed by atoms with Gasteiger partial charge in [0.15, 0.2) is 5.82 Å². The number of carbonyl (C=O) groups excluding carboxylic acids is 1. The molecule has 0 atom stereocenters. The zero-order valence-corrected chi connectivity index (χ0v) is 14.8. The third-order valence-electron chi connectivity index (χ3n) is 4.28. The second-order valence-electron chi connectivity index (χ2n) is 6.27. The van der Waals surface area contributed by atoms with Crippen molar-refractivity contribution in [1.82, 2.24) is 19.9 Å². The van der Waals surface area contributed by atoms with Gasteiger partial charge in [0.05, 0.1) is 6.54 Å². The highest BCUT2D eigenvalue weighted by Crippen LogP contribution is 2.18. The van der Waals surface area contributed by atoms with Gasteiger partial charge in [-0.1, -0.05) is 19.0 Å². The first kappa shape index (κ1) is 17.7. The summed E-state index contributed by atoms with van der Waals surface area (Å²) in [5, 5.41) is 4.03. The van der Waals surface area contributed by atoms with E-state index >= 15 is 0 Å². The Morgan fingerprint density at radius 3 is 2.57 bits per heavy atom. The smallest absolute Gasteiger partial charge is 0.324 e. The molecule has 2 rings (SSSR count). The molecule has 2 heterocycles. The van der Waals surface area contributed by atoms with Crippen LogP contribution in [0.2, 0.25) is 0 Å². The van der Waals surface area contributed by atoms with E-state index in [0.717, 1.165) is 51.5 Å². The zero-order valence-electron chi connectivity index (χ0n) is 14.8. The molecule has 0 saturated carbocycles. The van der Waals surface area contributed by atoms with Crippen LogP contribution in [-0.4, -0.2) is 71.7 Å². The van der Waals surface area contributed by atoms with E-state index in [1.54, 1.807) is 0 Å². The Morgan fingerprint density at radius 2 is 1.96 bits per heavy atom. The Kier molecular flexibility index (Phi) is 6.38. The fourth-order valence-electron chi connectivity index (χ4n) is 2.78. The van der Waals surface area contributed by atoms with E-state index in [2.05, 4.69) is 33.8 Å². The maximum Gasteiger partial charge on any atom is 0.324 e. The summed E-state index contributed by atoms with van der Waals surface area (Å²) in [6.45, 7) is 13.7. The predicted molar refractivity (Wildman–Crippen MR) is 89.6 cm³/mol. The average Bonchev–Trinajstić information content (AvgIpc) is 2.91. The Morgan fingerprint density at radius 1 is 1.22 bits per heavy atom. The highest BCUT2D eigenvalue weighted by atomic mass is 16.5. The monoisotopic (exact) mass is 323 g/mol. The number of anilines is 1. The van der Waals surface area contributed by atoms with E-state index in [0.29, 0.717) is 12.6 Å². The van der Waals surface area contributed by atoms with Gasteiger partial charge < -0.3 is 14.3 Å². The van der Waals surface area contributed by atoms with Crippen LogP contribution in [-0.2, 0) is 4.79 Å². The van der Waals surface area contributed by atoms with Gasteiger partial charge in [-0.2, -0.15) is 4.98 Å². The summed E-state index contributed by atoms with van der Waals surface area (Å²) in [5.41, 5.74) is 0. The first-order valence-corrected chi connectivity index (χ1v) is 8.63. The Hall–Kier alpha value is -1.63. The number of carbonyl (C=O) groups is 1. The minimum Gasteiger partial charge on any atom is -0.342 e. The van der Waals surface area contributed by atoms with Gasteiger partial charge in [0.25, 0.3) is 0 Å². The molecule has 1 aliphatic heterocycles. The van der Waals surface area contributed by atoms with Gasteiger partial charge in [-0.15, -0.1) is 0 Å². The Bertz CT molecular complexity index is 498. The second kappa shape index (κ2) is 8.29. The number of amides is 1. The van der Waals surface area contributed by atoms with Crippen molar-refractivity contribution in [3.8, 4) is 0 Å². The van der Waals surface area contributed by atoms with Crippen molar-refractivity contribution in [2.75, 3.05) is 50.7 Å². The van der Waals surface area contributed by atoms with Gasteiger partial charge in [-0.05, 0) is 20.3 Å². The molecule has 0 aliphatic carbocycles. The molecule has 1 saturated heterocycles. The molecule has 0 spiro atoms. The molecule has 7 heteroatoms. The molecule has 1 aliphatic rings. The minimum absolute atomic E-state index is 0.211. The standard InChI is InChI=1S/C16H29N5O2/c1-5-20(6-2)14(22)12-19-8-7-9-21(11-10-19)16-17-15(13(3)4)18-23-16/h13H,5-12H2,1-4H3. The molecule has 23 heavy (non-hydrogen) atoms. The molecular weight excluding hydrogens is 294 g/mol. The quantitative estimate of drug-likeness (QED) is 0.792. The molecule has 1 aromatic heterocycles. The lowest BCUT2D eigenvalue weighted by Crippen LogP contribution is -2.41. The van der Waals surface area contributed by atoms with Crippen LogP contribution in [0.25, 0.3) is 0 Å². The van der Waals surface area contributed by atoms with Crippen LogP contribution in [0.5, 0.6) is 0 Å². The molecule has 130 valence electrons. The summed E-state index contributed by atoms with van der Waals surface area (Å²) in [7, 11) is 0. The molecule has 1 fully saturated rings. The second-order valence-corrected chi connectivity index (χ2v) is 6.27. The van der Waals surface area contributed by atoms with Gasteiger partial charge >= 0.3 is 6.01 Å². The van der Waals surface area contributed by atoms with Gasteiger partial charge in [0.1, 0.15) is 0 Å². The molecule has 0 radical (unpaired) electrons. The summed E-state index contributed by atoms with van der Waals surface area (Å²) >= 11 is 0. The number of likely N-dealkylation sites (N-methyl/N-ethyl adjacent to an activating group) is 1. The van der Waals surface area contributed by atoms with Crippen LogP contribution in [0.4, 0.5) is 6.01 Å².